The Hall–Kier alpha value is -2.30. The number of anilines is 1. The zero-order chi connectivity index (χ0) is 13.0. The van der Waals surface area contributed by atoms with Crippen LogP contribution in [0.4, 0.5) is 5.69 Å². The van der Waals surface area contributed by atoms with Gasteiger partial charge in [-0.1, -0.05) is 12.2 Å². The highest BCUT2D eigenvalue weighted by molar-refractivity contribution is 5.96. The summed E-state index contributed by atoms with van der Waals surface area (Å²) in [4.78, 5) is 21.2. The molecule has 0 spiro atoms. The molecule has 0 radical (unpaired) electrons. The first-order chi connectivity index (χ1) is 7.91. The highest BCUT2D eigenvalue weighted by atomic mass is 16.4. The third-order valence-corrected chi connectivity index (χ3v) is 2.18. The van der Waals surface area contributed by atoms with E-state index in [9.17, 15) is 9.59 Å². The predicted molar refractivity (Wildman–Crippen MR) is 63.8 cm³/mol. The van der Waals surface area contributed by atoms with Crippen LogP contribution in [0, 0.1) is 6.92 Å². The van der Waals surface area contributed by atoms with Gasteiger partial charge in [0, 0.05) is 0 Å². The first-order valence-corrected chi connectivity index (χ1v) is 4.93. The number of carbonyl (C=O) groups is 2. The number of aryl methyl sites for hydroxylation is 1. The van der Waals surface area contributed by atoms with E-state index in [2.05, 4.69) is 0 Å². The highest BCUT2D eigenvalue weighted by Gasteiger charge is 2.11. The van der Waals surface area contributed by atoms with Gasteiger partial charge >= 0.3 is 11.9 Å². The van der Waals surface area contributed by atoms with Gasteiger partial charge in [0.15, 0.2) is 0 Å². The molecule has 0 fully saturated rings. The molecule has 0 unspecified atom stereocenters. The van der Waals surface area contributed by atoms with Gasteiger partial charge in [-0.15, -0.1) is 0 Å². The summed E-state index contributed by atoms with van der Waals surface area (Å²) in [6.07, 6.45) is 2.82. The zero-order valence-corrected chi connectivity index (χ0v) is 9.30. The lowest BCUT2D eigenvalue weighted by molar-refractivity contribution is -0.135. The van der Waals surface area contributed by atoms with Crippen molar-refractivity contribution >= 4 is 23.7 Å². The summed E-state index contributed by atoms with van der Waals surface area (Å²) in [6.45, 7) is 1.75. The lowest BCUT2D eigenvalue weighted by atomic mass is 10.0. The molecule has 0 aromatic heterocycles. The summed E-state index contributed by atoms with van der Waals surface area (Å²) < 4.78 is 0. The first-order valence-electron chi connectivity index (χ1n) is 4.93. The van der Waals surface area contributed by atoms with Crippen LogP contribution >= 0.6 is 0 Å². The Morgan fingerprint density at radius 2 is 2.00 bits per heavy atom. The van der Waals surface area contributed by atoms with Crippen LogP contribution in [0.3, 0.4) is 0 Å². The molecule has 1 aromatic carbocycles. The Bertz CT molecular complexity index is 492. The number of carboxylic acids is 2. The topological polar surface area (TPSA) is 101 Å². The lowest BCUT2D eigenvalue weighted by Gasteiger charge is -2.06. The van der Waals surface area contributed by atoms with Gasteiger partial charge in [-0.25, -0.2) is 4.79 Å². The smallest absolute Gasteiger partial charge is 0.337 e. The fourth-order valence-corrected chi connectivity index (χ4v) is 1.43. The van der Waals surface area contributed by atoms with Gasteiger partial charge in [0.25, 0.3) is 0 Å². The Morgan fingerprint density at radius 1 is 1.35 bits per heavy atom. The quantitative estimate of drug-likeness (QED) is 0.690. The Balaban J connectivity index is 3.11. The van der Waals surface area contributed by atoms with E-state index in [1.165, 1.54) is 18.2 Å². The Kier molecular flexibility index (Phi) is 3.87. The van der Waals surface area contributed by atoms with Crippen molar-refractivity contribution in [1.29, 1.82) is 0 Å². The Labute approximate surface area is 98.2 Å². The lowest BCUT2D eigenvalue weighted by Crippen LogP contribution is -2.04. The third kappa shape index (κ3) is 3.34. The van der Waals surface area contributed by atoms with Crippen molar-refractivity contribution in [3.8, 4) is 0 Å². The standard InChI is InChI=1S/C12H13NO4/c1-7-5-8(3-2-4-10(14)15)11(13)9(6-7)12(16)17/h2-3,5-6H,4,13H2,1H3,(H,14,15)(H,16,17). The Morgan fingerprint density at radius 3 is 2.53 bits per heavy atom. The van der Waals surface area contributed by atoms with E-state index < -0.39 is 11.9 Å². The molecule has 17 heavy (non-hydrogen) atoms. The molecule has 0 aliphatic carbocycles. The summed E-state index contributed by atoms with van der Waals surface area (Å²) in [5.74, 6) is -2.05. The molecule has 1 aromatic rings. The van der Waals surface area contributed by atoms with Gasteiger partial charge in [0.1, 0.15) is 0 Å². The van der Waals surface area contributed by atoms with Crippen molar-refractivity contribution in [2.75, 3.05) is 5.73 Å². The van der Waals surface area contributed by atoms with Crippen LogP contribution in [0.15, 0.2) is 18.2 Å². The number of hydrogen-bond acceptors (Lipinski definition) is 3. The molecule has 5 nitrogen and oxygen atoms in total. The van der Waals surface area contributed by atoms with Crippen LogP contribution < -0.4 is 5.73 Å². The number of benzene rings is 1. The van der Waals surface area contributed by atoms with Gasteiger partial charge < -0.3 is 15.9 Å². The molecule has 1 rings (SSSR count). The maximum atomic E-state index is 10.9. The normalized spacial score (nSPS) is 10.6. The van der Waals surface area contributed by atoms with Crippen LogP contribution in [0.5, 0.6) is 0 Å². The third-order valence-electron chi connectivity index (χ3n) is 2.18. The highest BCUT2D eigenvalue weighted by Crippen LogP contribution is 2.21. The molecule has 90 valence electrons. The van der Waals surface area contributed by atoms with Crippen molar-refractivity contribution < 1.29 is 19.8 Å². The number of rotatable bonds is 4. The first kappa shape index (κ1) is 12.8. The number of nitrogen functional groups attached to an aromatic ring is 1. The second kappa shape index (κ2) is 5.16. The number of carboxylic acid groups (broad SMARTS) is 2. The van der Waals surface area contributed by atoms with E-state index in [4.69, 9.17) is 15.9 Å². The fourth-order valence-electron chi connectivity index (χ4n) is 1.43. The molecule has 0 bridgehead atoms. The van der Waals surface area contributed by atoms with E-state index in [1.807, 2.05) is 0 Å². The average Bonchev–Trinajstić information content (AvgIpc) is 2.21. The zero-order valence-electron chi connectivity index (χ0n) is 9.30. The summed E-state index contributed by atoms with van der Waals surface area (Å²) in [5.41, 5.74) is 7.13. The largest absolute Gasteiger partial charge is 0.481 e. The van der Waals surface area contributed by atoms with Gasteiger partial charge in [-0.2, -0.15) is 0 Å². The fraction of sp³-hybridized carbons (Fsp3) is 0.167. The summed E-state index contributed by atoms with van der Waals surface area (Å²) >= 11 is 0. The predicted octanol–water partition coefficient (Wildman–Crippen LogP) is 1.76. The average molecular weight is 235 g/mol. The van der Waals surface area contributed by atoms with Gasteiger partial charge in [0.05, 0.1) is 17.7 Å². The van der Waals surface area contributed by atoms with Crippen LogP contribution in [-0.4, -0.2) is 22.2 Å². The molecule has 0 saturated heterocycles. The number of nitrogens with two attached hydrogens (primary N) is 1. The SMILES string of the molecule is Cc1cc(C=CCC(=O)O)c(N)c(C(=O)O)c1. The maximum absolute atomic E-state index is 10.9. The molecule has 0 atom stereocenters. The van der Waals surface area contributed by atoms with E-state index in [1.54, 1.807) is 13.0 Å². The second-order valence-electron chi connectivity index (χ2n) is 3.62. The van der Waals surface area contributed by atoms with Crippen molar-refractivity contribution in [2.45, 2.75) is 13.3 Å². The summed E-state index contributed by atoms with van der Waals surface area (Å²) in [6, 6.07) is 3.19. The molecular formula is C12H13NO4. The second-order valence-corrected chi connectivity index (χ2v) is 3.62. The number of aliphatic carboxylic acids is 1. The minimum atomic E-state index is -1.10. The van der Waals surface area contributed by atoms with Crippen molar-refractivity contribution in [2.24, 2.45) is 0 Å². The maximum Gasteiger partial charge on any atom is 0.337 e. The van der Waals surface area contributed by atoms with E-state index in [0.717, 1.165) is 5.56 Å². The molecular weight excluding hydrogens is 222 g/mol. The molecule has 0 heterocycles. The molecule has 4 N–H and O–H groups in total. The van der Waals surface area contributed by atoms with Crippen LogP contribution in [0.2, 0.25) is 0 Å². The molecule has 0 aliphatic heterocycles. The van der Waals surface area contributed by atoms with Crippen molar-refractivity contribution in [1.82, 2.24) is 0 Å². The van der Waals surface area contributed by atoms with Crippen LogP contribution in [0.25, 0.3) is 6.08 Å². The van der Waals surface area contributed by atoms with Crippen molar-refractivity contribution in [3.63, 3.8) is 0 Å². The van der Waals surface area contributed by atoms with Gasteiger partial charge in [0.2, 0.25) is 0 Å². The van der Waals surface area contributed by atoms with Crippen LogP contribution in [-0.2, 0) is 4.79 Å². The number of hydrogen-bond donors (Lipinski definition) is 3. The molecule has 0 saturated carbocycles. The molecule has 0 amide bonds. The monoisotopic (exact) mass is 235 g/mol. The summed E-state index contributed by atoms with van der Waals surface area (Å²) in [7, 11) is 0. The van der Waals surface area contributed by atoms with Gasteiger partial charge in [-0.3, -0.25) is 4.79 Å². The minimum absolute atomic E-state index is 0.0278. The minimum Gasteiger partial charge on any atom is -0.481 e. The molecule has 0 aliphatic rings. The molecule has 5 heteroatoms. The van der Waals surface area contributed by atoms with E-state index in [-0.39, 0.29) is 17.7 Å². The van der Waals surface area contributed by atoms with E-state index >= 15 is 0 Å². The van der Waals surface area contributed by atoms with Crippen molar-refractivity contribution in [3.05, 3.63) is 34.9 Å². The van der Waals surface area contributed by atoms with E-state index in [0.29, 0.717) is 5.56 Å². The number of aromatic carboxylic acids is 1. The van der Waals surface area contributed by atoms with Crippen LogP contribution in [0.1, 0.15) is 27.9 Å². The van der Waals surface area contributed by atoms with Gasteiger partial charge in [-0.05, 0) is 30.2 Å². The summed E-state index contributed by atoms with van der Waals surface area (Å²) in [5, 5.41) is 17.4.